The lowest BCUT2D eigenvalue weighted by Gasteiger charge is -2.18. The Hall–Kier alpha value is -2.47. The van der Waals surface area contributed by atoms with E-state index in [9.17, 15) is 9.59 Å². The summed E-state index contributed by atoms with van der Waals surface area (Å²) in [4.78, 5) is 24.8. The predicted octanol–water partition coefficient (Wildman–Crippen LogP) is 1.80. The van der Waals surface area contributed by atoms with E-state index in [0.717, 1.165) is 5.69 Å². The van der Waals surface area contributed by atoms with Crippen LogP contribution in [0.5, 0.6) is 0 Å². The average molecular weight is 329 g/mol. The van der Waals surface area contributed by atoms with Crippen molar-refractivity contribution < 1.29 is 14.7 Å². The summed E-state index contributed by atoms with van der Waals surface area (Å²) in [6.07, 6.45) is 0. The monoisotopic (exact) mass is 329 g/mol. The van der Waals surface area contributed by atoms with Gasteiger partial charge in [0.15, 0.2) is 0 Å². The molecule has 0 radical (unpaired) electrons. The fourth-order valence-corrected chi connectivity index (χ4v) is 2.48. The Morgan fingerprint density at radius 1 is 1.21 bits per heavy atom. The molecule has 2 rings (SSSR count). The van der Waals surface area contributed by atoms with E-state index >= 15 is 0 Å². The van der Waals surface area contributed by atoms with Crippen molar-refractivity contribution in [1.29, 1.82) is 0 Å². The minimum atomic E-state index is -0.679. The van der Waals surface area contributed by atoms with E-state index in [-0.39, 0.29) is 18.6 Å². The molecule has 0 saturated heterocycles. The molecule has 1 amide bonds. The third-order valence-corrected chi connectivity index (χ3v) is 4.23. The zero-order valence-electron chi connectivity index (χ0n) is 14.4. The third-order valence-electron chi connectivity index (χ3n) is 4.23. The first-order valence-corrected chi connectivity index (χ1v) is 7.94. The smallest absolute Gasteiger partial charge is 0.292 e. The number of para-hydroxylation sites is 1. The Labute approximate surface area is 141 Å². The van der Waals surface area contributed by atoms with Gasteiger partial charge in [0.1, 0.15) is 0 Å². The van der Waals surface area contributed by atoms with Crippen LogP contribution in [-0.2, 0) is 4.79 Å². The van der Waals surface area contributed by atoms with Gasteiger partial charge in [-0.05, 0) is 38.8 Å². The fourth-order valence-electron chi connectivity index (χ4n) is 2.48. The van der Waals surface area contributed by atoms with Crippen LogP contribution in [0.2, 0.25) is 0 Å². The summed E-state index contributed by atoms with van der Waals surface area (Å²) in [5.41, 5.74) is 2.29. The Bertz CT molecular complexity index is 737. The Morgan fingerprint density at radius 3 is 2.42 bits per heavy atom. The molecule has 6 heteroatoms. The van der Waals surface area contributed by atoms with Gasteiger partial charge >= 0.3 is 0 Å². The van der Waals surface area contributed by atoms with Gasteiger partial charge in [0, 0.05) is 12.6 Å². The predicted molar refractivity (Wildman–Crippen MR) is 91.2 cm³/mol. The molecule has 0 saturated carbocycles. The topological polar surface area (TPSA) is 84.2 Å². The first kappa shape index (κ1) is 17.9. The van der Waals surface area contributed by atoms with E-state index in [1.807, 2.05) is 30.3 Å². The number of carbonyl (C=O) groups is 2. The first-order valence-electron chi connectivity index (χ1n) is 7.94. The second kappa shape index (κ2) is 7.40. The van der Waals surface area contributed by atoms with Crippen molar-refractivity contribution in [2.45, 2.75) is 33.7 Å². The number of hydrogen-bond donors (Lipinski definition) is 2. The summed E-state index contributed by atoms with van der Waals surface area (Å²) in [5, 5.41) is 16.2. The molecule has 2 aromatic rings. The molecule has 0 aliphatic rings. The van der Waals surface area contributed by atoms with Gasteiger partial charge < -0.3 is 10.4 Å². The van der Waals surface area contributed by atoms with Crippen molar-refractivity contribution in [1.82, 2.24) is 15.1 Å². The lowest BCUT2D eigenvalue weighted by molar-refractivity contribution is -0.117. The third kappa shape index (κ3) is 3.54. The lowest BCUT2D eigenvalue weighted by Crippen LogP contribution is -2.42. The van der Waals surface area contributed by atoms with E-state index in [0.29, 0.717) is 17.0 Å². The Balaban J connectivity index is 2.27. The number of benzene rings is 1. The van der Waals surface area contributed by atoms with Crippen molar-refractivity contribution in [2.75, 3.05) is 6.61 Å². The lowest BCUT2D eigenvalue weighted by atomic mass is 10.0. The number of carbonyl (C=O) groups excluding carboxylic acids is 2. The largest absolute Gasteiger partial charge is 0.396 e. The number of hydrogen-bond acceptors (Lipinski definition) is 4. The van der Waals surface area contributed by atoms with E-state index in [2.05, 4.69) is 10.4 Å². The zero-order valence-corrected chi connectivity index (χ0v) is 14.4. The van der Waals surface area contributed by atoms with Gasteiger partial charge in [-0.3, -0.25) is 9.59 Å². The van der Waals surface area contributed by atoms with Crippen LogP contribution in [0, 0.1) is 19.8 Å². The first-order chi connectivity index (χ1) is 11.4. The van der Waals surface area contributed by atoms with Crippen molar-refractivity contribution in [3.63, 3.8) is 0 Å². The maximum Gasteiger partial charge on any atom is 0.292 e. The standard InChI is InChI=1S/C18H23N3O3/c1-11(10-22)12(2)19-18(24)17(23)16-13(3)20-21(14(16)4)15-8-6-5-7-9-15/h5-9,11-12,22H,10H2,1-4H3,(H,19,24). The number of amides is 1. The molecular formula is C18H23N3O3. The number of nitrogens with one attached hydrogen (secondary N) is 1. The van der Waals surface area contributed by atoms with Gasteiger partial charge in [-0.15, -0.1) is 0 Å². The van der Waals surface area contributed by atoms with E-state index in [1.165, 1.54) is 0 Å². The van der Waals surface area contributed by atoms with E-state index in [1.54, 1.807) is 32.4 Å². The molecule has 0 aliphatic heterocycles. The van der Waals surface area contributed by atoms with E-state index < -0.39 is 11.7 Å². The molecule has 128 valence electrons. The zero-order chi connectivity index (χ0) is 17.9. The van der Waals surface area contributed by atoms with Gasteiger partial charge in [-0.25, -0.2) is 4.68 Å². The van der Waals surface area contributed by atoms with Crippen LogP contribution in [0.15, 0.2) is 30.3 Å². The highest BCUT2D eigenvalue weighted by Gasteiger charge is 2.26. The summed E-state index contributed by atoms with van der Waals surface area (Å²) in [7, 11) is 0. The number of Topliss-reactive ketones (excluding diaryl/α,β-unsaturated/α-hetero) is 1. The minimum absolute atomic E-state index is 0.0559. The second-order valence-electron chi connectivity index (χ2n) is 6.04. The molecule has 6 nitrogen and oxygen atoms in total. The van der Waals surface area contributed by atoms with Gasteiger partial charge in [-0.1, -0.05) is 25.1 Å². The van der Waals surface area contributed by atoms with Gasteiger partial charge in [-0.2, -0.15) is 5.10 Å². The average Bonchev–Trinajstić information content (AvgIpc) is 2.88. The maximum absolute atomic E-state index is 12.5. The van der Waals surface area contributed by atoms with Crippen LogP contribution >= 0.6 is 0 Å². The van der Waals surface area contributed by atoms with Gasteiger partial charge in [0.2, 0.25) is 0 Å². The molecule has 1 aromatic heterocycles. The number of aliphatic hydroxyl groups excluding tert-OH is 1. The number of aryl methyl sites for hydroxylation is 1. The molecule has 1 heterocycles. The second-order valence-corrected chi connectivity index (χ2v) is 6.04. The minimum Gasteiger partial charge on any atom is -0.396 e. The van der Waals surface area contributed by atoms with Crippen LogP contribution < -0.4 is 5.32 Å². The Kier molecular flexibility index (Phi) is 5.51. The number of aromatic nitrogens is 2. The molecule has 0 bridgehead atoms. The van der Waals surface area contributed by atoms with Crippen LogP contribution in [0.4, 0.5) is 0 Å². The van der Waals surface area contributed by atoms with Crippen LogP contribution in [0.1, 0.15) is 35.6 Å². The van der Waals surface area contributed by atoms with Crippen molar-refractivity contribution in [3.05, 3.63) is 47.3 Å². The molecule has 0 spiro atoms. The molecular weight excluding hydrogens is 306 g/mol. The molecule has 24 heavy (non-hydrogen) atoms. The number of nitrogens with zero attached hydrogens (tertiary/aromatic N) is 2. The summed E-state index contributed by atoms with van der Waals surface area (Å²) in [6, 6.07) is 9.16. The number of aliphatic hydroxyl groups is 1. The fraction of sp³-hybridized carbons (Fsp3) is 0.389. The van der Waals surface area contributed by atoms with E-state index in [4.69, 9.17) is 5.11 Å². The number of ketones is 1. The quantitative estimate of drug-likeness (QED) is 0.625. The summed E-state index contributed by atoms with van der Waals surface area (Å²) in [6.45, 7) is 7.00. The molecule has 2 N–H and O–H groups in total. The Morgan fingerprint density at radius 2 is 1.83 bits per heavy atom. The highest BCUT2D eigenvalue weighted by Crippen LogP contribution is 2.18. The highest BCUT2D eigenvalue weighted by atomic mass is 16.3. The molecule has 2 unspecified atom stereocenters. The van der Waals surface area contributed by atoms with Crippen molar-refractivity contribution >= 4 is 11.7 Å². The molecule has 0 aliphatic carbocycles. The molecule has 0 fully saturated rings. The van der Waals surface area contributed by atoms with Crippen LogP contribution in [0.25, 0.3) is 5.69 Å². The summed E-state index contributed by atoms with van der Waals surface area (Å²) >= 11 is 0. The summed E-state index contributed by atoms with van der Waals surface area (Å²) in [5.74, 6) is -1.42. The van der Waals surface area contributed by atoms with Crippen molar-refractivity contribution in [2.24, 2.45) is 5.92 Å². The highest BCUT2D eigenvalue weighted by molar-refractivity contribution is 6.43. The SMILES string of the molecule is Cc1nn(-c2ccccc2)c(C)c1C(=O)C(=O)NC(C)C(C)CO. The number of rotatable bonds is 6. The van der Waals surface area contributed by atoms with Gasteiger partial charge in [0.25, 0.3) is 11.7 Å². The van der Waals surface area contributed by atoms with Crippen LogP contribution in [0.3, 0.4) is 0 Å². The summed E-state index contributed by atoms with van der Waals surface area (Å²) < 4.78 is 1.66. The molecule has 2 atom stereocenters. The van der Waals surface area contributed by atoms with Crippen LogP contribution in [-0.4, -0.2) is 39.2 Å². The maximum atomic E-state index is 12.5. The normalized spacial score (nSPS) is 13.4. The van der Waals surface area contributed by atoms with Gasteiger partial charge in [0.05, 0.1) is 22.6 Å². The van der Waals surface area contributed by atoms with Crippen molar-refractivity contribution in [3.8, 4) is 5.69 Å². The molecule has 1 aromatic carbocycles.